The third-order valence-corrected chi connectivity index (χ3v) is 7.19. The molecule has 0 bridgehead atoms. The fourth-order valence-electron chi connectivity index (χ4n) is 4.55. The van der Waals surface area contributed by atoms with E-state index in [0.717, 1.165) is 0 Å². The molecule has 0 amide bonds. The lowest BCUT2D eigenvalue weighted by atomic mass is 9.93. The van der Waals surface area contributed by atoms with E-state index in [1.165, 1.54) is 0 Å². The van der Waals surface area contributed by atoms with Gasteiger partial charge >= 0.3 is 0 Å². The molecule has 10 N–H and O–H groups in total. The van der Waals surface area contributed by atoms with Crippen LogP contribution in [0.3, 0.4) is 0 Å². The second-order valence-electron chi connectivity index (χ2n) is 11.5. The van der Waals surface area contributed by atoms with Crippen LogP contribution in [0.1, 0.15) is 27.2 Å². The van der Waals surface area contributed by atoms with Crippen LogP contribution in [0, 0.1) is 5.41 Å². The topological polar surface area (TPSA) is 258 Å². The van der Waals surface area contributed by atoms with E-state index in [2.05, 4.69) is 0 Å². The summed E-state index contributed by atoms with van der Waals surface area (Å²) in [5, 5.41) is 102. The Balaban J connectivity index is 1.75. The van der Waals surface area contributed by atoms with Gasteiger partial charge in [0, 0.05) is 0 Å². The van der Waals surface area contributed by atoms with Gasteiger partial charge in [0.05, 0.1) is 26.4 Å². The number of aliphatic hydroxyl groups excluding tert-OH is 10. The Kier molecular flexibility index (Phi) is 12.0. The van der Waals surface area contributed by atoms with E-state index in [4.69, 9.17) is 28.4 Å². The first kappa shape index (κ1) is 33.9. The van der Waals surface area contributed by atoms with Gasteiger partial charge in [0.15, 0.2) is 18.9 Å². The van der Waals surface area contributed by atoms with E-state index in [0.29, 0.717) is 6.42 Å². The molecule has 16 heteroatoms. The standard InChI is InChI=1S/C24H44O16/c1-24(2,3)4-5-35-22-19(34)20(40-23-18(33)16(31)13(28)10(7-26)38-23)14(29)11(39-22)8-36-21-17(32)15(30)12(27)9(6-25)37-21/h9-23,25-34H,4-8H2,1-3H3/t9-,10-,11-,12-,13-,14-,15+,16+,17+,18+,19+,20+,21+,22+,23-/m1/s1. The van der Waals surface area contributed by atoms with Gasteiger partial charge < -0.3 is 79.5 Å². The number of ether oxygens (including phenoxy) is 6. The maximum atomic E-state index is 11.0. The molecule has 0 aliphatic carbocycles. The summed E-state index contributed by atoms with van der Waals surface area (Å²) in [4.78, 5) is 0. The molecule has 3 fully saturated rings. The third kappa shape index (κ3) is 7.84. The zero-order valence-corrected chi connectivity index (χ0v) is 22.6. The summed E-state index contributed by atoms with van der Waals surface area (Å²) in [7, 11) is 0. The summed E-state index contributed by atoms with van der Waals surface area (Å²) in [5.74, 6) is 0. The van der Waals surface area contributed by atoms with Crippen LogP contribution in [0.15, 0.2) is 0 Å². The predicted molar refractivity (Wildman–Crippen MR) is 129 cm³/mol. The molecule has 3 rings (SSSR count). The smallest absolute Gasteiger partial charge is 0.187 e. The van der Waals surface area contributed by atoms with E-state index >= 15 is 0 Å². The average molecular weight is 589 g/mol. The lowest BCUT2D eigenvalue weighted by molar-refractivity contribution is -0.366. The predicted octanol–water partition coefficient (Wildman–Crippen LogP) is -5.11. The molecule has 3 aliphatic rings. The zero-order valence-electron chi connectivity index (χ0n) is 22.6. The summed E-state index contributed by atoms with van der Waals surface area (Å²) >= 11 is 0. The SMILES string of the molecule is CC(C)(C)CCO[C@H]1O[C@H](CO[C@H]2O[C@H](CO)[C@@H](O)[C@H](O)[C@@H]2O)[C@@H](O)[C@H](O[C@H]2O[C@H](CO)[C@@H](O)[C@H](O)[C@@H]2O)[C@@H]1O. The minimum atomic E-state index is -1.82. The van der Waals surface area contributed by atoms with Crippen LogP contribution in [-0.4, -0.2) is 170 Å². The van der Waals surface area contributed by atoms with E-state index < -0.39 is 112 Å². The minimum absolute atomic E-state index is 0.128. The van der Waals surface area contributed by atoms with E-state index in [1.54, 1.807) is 0 Å². The Bertz CT molecular complexity index is 764. The van der Waals surface area contributed by atoms with Gasteiger partial charge in [0.25, 0.3) is 0 Å². The van der Waals surface area contributed by atoms with Crippen molar-refractivity contribution in [3.8, 4) is 0 Å². The lowest BCUT2D eigenvalue weighted by Gasteiger charge is -2.46. The first-order chi connectivity index (χ1) is 18.7. The number of rotatable bonds is 10. The van der Waals surface area contributed by atoms with Crippen molar-refractivity contribution in [2.24, 2.45) is 5.41 Å². The van der Waals surface area contributed by atoms with Crippen molar-refractivity contribution in [3.05, 3.63) is 0 Å². The van der Waals surface area contributed by atoms with Gasteiger partial charge in [-0.2, -0.15) is 0 Å². The fraction of sp³-hybridized carbons (Fsp3) is 1.00. The second-order valence-corrected chi connectivity index (χ2v) is 11.5. The minimum Gasteiger partial charge on any atom is -0.394 e. The van der Waals surface area contributed by atoms with E-state index in [9.17, 15) is 51.1 Å². The molecule has 0 radical (unpaired) electrons. The monoisotopic (exact) mass is 588 g/mol. The lowest BCUT2D eigenvalue weighted by Crippen LogP contribution is -2.65. The summed E-state index contributed by atoms with van der Waals surface area (Å²) in [5.41, 5.74) is -0.128. The van der Waals surface area contributed by atoms with Crippen molar-refractivity contribution in [3.63, 3.8) is 0 Å². The highest BCUT2D eigenvalue weighted by molar-refractivity contribution is 4.95. The van der Waals surface area contributed by atoms with Crippen molar-refractivity contribution in [1.82, 2.24) is 0 Å². The van der Waals surface area contributed by atoms with Crippen LogP contribution in [0.2, 0.25) is 0 Å². The van der Waals surface area contributed by atoms with Gasteiger partial charge in [-0.15, -0.1) is 0 Å². The molecule has 3 aliphatic heterocycles. The molecule has 0 aromatic rings. The summed E-state index contributed by atoms with van der Waals surface area (Å²) in [6.45, 7) is 4.12. The van der Waals surface area contributed by atoms with Gasteiger partial charge in [-0.1, -0.05) is 20.8 Å². The number of hydrogen-bond donors (Lipinski definition) is 10. The Morgan fingerprint density at radius 1 is 0.550 bits per heavy atom. The molecule has 15 atom stereocenters. The largest absolute Gasteiger partial charge is 0.394 e. The van der Waals surface area contributed by atoms with Crippen molar-refractivity contribution in [2.75, 3.05) is 26.4 Å². The van der Waals surface area contributed by atoms with Crippen molar-refractivity contribution in [2.45, 2.75) is 119 Å². The molecule has 40 heavy (non-hydrogen) atoms. The van der Waals surface area contributed by atoms with E-state index in [1.807, 2.05) is 20.8 Å². The van der Waals surface area contributed by atoms with Gasteiger partial charge in [-0.05, 0) is 11.8 Å². The van der Waals surface area contributed by atoms with Gasteiger partial charge in [-0.25, -0.2) is 0 Å². The van der Waals surface area contributed by atoms with Crippen LogP contribution >= 0.6 is 0 Å². The van der Waals surface area contributed by atoms with Gasteiger partial charge in [-0.3, -0.25) is 0 Å². The molecule has 0 unspecified atom stereocenters. The van der Waals surface area contributed by atoms with Crippen molar-refractivity contribution in [1.29, 1.82) is 0 Å². The molecule has 0 aromatic heterocycles. The Labute approximate surface area is 231 Å². The van der Waals surface area contributed by atoms with E-state index in [-0.39, 0.29) is 12.0 Å². The van der Waals surface area contributed by atoms with Crippen LogP contribution < -0.4 is 0 Å². The Hall–Kier alpha value is -0.640. The normalized spacial score (nSPS) is 46.9. The van der Waals surface area contributed by atoms with Gasteiger partial charge in [0.2, 0.25) is 0 Å². The molecular weight excluding hydrogens is 544 g/mol. The highest BCUT2D eigenvalue weighted by Gasteiger charge is 2.52. The fourth-order valence-corrected chi connectivity index (χ4v) is 4.55. The summed E-state index contributed by atoms with van der Waals surface area (Å²) < 4.78 is 33.2. The van der Waals surface area contributed by atoms with Crippen LogP contribution in [-0.2, 0) is 28.4 Å². The van der Waals surface area contributed by atoms with Crippen molar-refractivity contribution < 1.29 is 79.5 Å². The zero-order chi connectivity index (χ0) is 29.9. The molecule has 0 saturated carbocycles. The first-order valence-corrected chi connectivity index (χ1v) is 13.2. The molecule has 16 nitrogen and oxygen atoms in total. The first-order valence-electron chi connectivity index (χ1n) is 13.2. The average Bonchev–Trinajstić information content (AvgIpc) is 2.90. The molecule has 3 saturated heterocycles. The third-order valence-electron chi connectivity index (χ3n) is 7.19. The van der Waals surface area contributed by atoms with Gasteiger partial charge in [0.1, 0.15) is 73.2 Å². The number of aliphatic hydroxyl groups is 10. The molecule has 3 heterocycles. The Morgan fingerprint density at radius 2 is 1.02 bits per heavy atom. The highest BCUT2D eigenvalue weighted by atomic mass is 16.7. The highest BCUT2D eigenvalue weighted by Crippen LogP contribution is 2.31. The molecule has 0 spiro atoms. The summed E-state index contributed by atoms with van der Waals surface area (Å²) in [6.07, 6.45) is -23.1. The quantitative estimate of drug-likeness (QED) is 0.114. The molecule has 0 aromatic carbocycles. The van der Waals surface area contributed by atoms with Crippen LogP contribution in [0.4, 0.5) is 0 Å². The van der Waals surface area contributed by atoms with Crippen molar-refractivity contribution >= 4 is 0 Å². The maximum absolute atomic E-state index is 11.0. The number of hydrogen-bond acceptors (Lipinski definition) is 16. The van der Waals surface area contributed by atoms with Crippen LogP contribution in [0.25, 0.3) is 0 Å². The summed E-state index contributed by atoms with van der Waals surface area (Å²) in [6, 6.07) is 0. The maximum Gasteiger partial charge on any atom is 0.187 e. The second kappa shape index (κ2) is 14.2. The molecule has 236 valence electrons. The Morgan fingerprint density at radius 3 is 1.55 bits per heavy atom. The molecular formula is C24H44O16. The van der Waals surface area contributed by atoms with Crippen LogP contribution in [0.5, 0.6) is 0 Å².